The van der Waals surface area contributed by atoms with Crippen LogP contribution in [0.1, 0.15) is 43.8 Å². The Balaban J connectivity index is 2.04. The first-order valence-electron chi connectivity index (χ1n) is 5.64. The van der Waals surface area contributed by atoms with Crippen LogP contribution >= 0.6 is 0 Å². The Kier molecular flexibility index (Phi) is 3.12. The van der Waals surface area contributed by atoms with Crippen LogP contribution in [0.15, 0.2) is 16.5 Å². The molecule has 1 aromatic rings. The van der Waals surface area contributed by atoms with Gasteiger partial charge in [0.25, 0.3) is 0 Å². The maximum Gasteiger partial charge on any atom is 0.134 e. The van der Waals surface area contributed by atoms with E-state index in [1.807, 2.05) is 26.0 Å². The van der Waals surface area contributed by atoms with Crippen LogP contribution in [0.3, 0.4) is 0 Å². The average Bonchev–Trinajstić information content (AvgIpc) is 2.49. The predicted octanol–water partition coefficient (Wildman–Crippen LogP) is 2.55. The van der Waals surface area contributed by atoms with Gasteiger partial charge in [0.15, 0.2) is 0 Å². The summed E-state index contributed by atoms with van der Waals surface area (Å²) in [6.45, 7) is 3.90. The molecule has 0 bridgehead atoms. The van der Waals surface area contributed by atoms with Crippen molar-refractivity contribution in [2.45, 2.75) is 51.4 Å². The Morgan fingerprint density at radius 3 is 2.60 bits per heavy atom. The minimum absolute atomic E-state index is 0.0313. The zero-order valence-corrected chi connectivity index (χ0v) is 9.40. The molecule has 0 aromatic carbocycles. The van der Waals surface area contributed by atoms with Gasteiger partial charge in [0.1, 0.15) is 17.6 Å². The molecule has 2 unspecified atom stereocenters. The lowest BCUT2D eigenvalue weighted by Crippen LogP contribution is -2.32. The molecule has 2 rings (SSSR count). The molecule has 2 N–H and O–H groups in total. The summed E-state index contributed by atoms with van der Waals surface area (Å²) in [5.41, 5.74) is 5.92. The molecule has 1 fully saturated rings. The van der Waals surface area contributed by atoms with Crippen molar-refractivity contribution in [3.8, 4) is 0 Å². The second kappa shape index (κ2) is 4.37. The van der Waals surface area contributed by atoms with Crippen molar-refractivity contribution >= 4 is 0 Å². The Bertz CT molecular complexity index is 315. The lowest BCUT2D eigenvalue weighted by atomic mass is 9.95. The predicted molar refractivity (Wildman–Crippen MR) is 58.6 cm³/mol. The molecule has 0 amide bonds. The summed E-state index contributed by atoms with van der Waals surface area (Å²) in [6.07, 6.45) is 3.87. The van der Waals surface area contributed by atoms with Crippen molar-refractivity contribution in [3.05, 3.63) is 23.7 Å². The van der Waals surface area contributed by atoms with Crippen molar-refractivity contribution in [2.75, 3.05) is 0 Å². The van der Waals surface area contributed by atoms with E-state index in [2.05, 4.69) is 0 Å². The number of rotatable bonds is 4. The molecule has 3 heteroatoms. The molecule has 0 radical (unpaired) electrons. The van der Waals surface area contributed by atoms with Crippen LogP contribution in [0.4, 0.5) is 0 Å². The molecular formula is C12H19NO2. The van der Waals surface area contributed by atoms with E-state index in [4.69, 9.17) is 14.9 Å². The molecule has 0 saturated heterocycles. The second-order valence-corrected chi connectivity index (χ2v) is 4.42. The molecule has 15 heavy (non-hydrogen) atoms. The lowest BCUT2D eigenvalue weighted by Gasteiger charge is -2.31. The van der Waals surface area contributed by atoms with Gasteiger partial charge in [0.05, 0.1) is 6.10 Å². The van der Waals surface area contributed by atoms with Crippen LogP contribution < -0.4 is 5.73 Å². The van der Waals surface area contributed by atoms with E-state index in [9.17, 15) is 0 Å². The van der Waals surface area contributed by atoms with E-state index in [0.29, 0.717) is 6.10 Å². The Morgan fingerprint density at radius 2 is 2.20 bits per heavy atom. The lowest BCUT2D eigenvalue weighted by molar-refractivity contribution is -0.0696. The first kappa shape index (κ1) is 10.7. The molecule has 0 aliphatic heterocycles. The summed E-state index contributed by atoms with van der Waals surface area (Å²) in [5, 5.41) is 0. The SMILES string of the molecule is Cc1ccc(C(OC2CCC2)C(C)N)o1. The Hall–Kier alpha value is -0.800. The van der Waals surface area contributed by atoms with Gasteiger partial charge in [-0.2, -0.15) is 0 Å². The van der Waals surface area contributed by atoms with Crippen LogP contribution in [-0.4, -0.2) is 12.1 Å². The Labute approximate surface area is 90.6 Å². The molecular weight excluding hydrogens is 190 g/mol. The number of aryl methyl sites for hydroxylation is 1. The maximum atomic E-state index is 5.93. The number of nitrogens with two attached hydrogens (primary N) is 1. The Morgan fingerprint density at radius 1 is 1.47 bits per heavy atom. The summed E-state index contributed by atoms with van der Waals surface area (Å²) in [6, 6.07) is 3.88. The van der Waals surface area contributed by atoms with Crippen molar-refractivity contribution in [1.82, 2.24) is 0 Å². The van der Waals surface area contributed by atoms with Crippen LogP contribution in [0, 0.1) is 6.92 Å². The highest BCUT2D eigenvalue weighted by Crippen LogP contribution is 2.31. The van der Waals surface area contributed by atoms with Gasteiger partial charge in [-0.25, -0.2) is 0 Å². The smallest absolute Gasteiger partial charge is 0.134 e. The molecule has 1 aromatic heterocycles. The fourth-order valence-electron chi connectivity index (χ4n) is 1.77. The first-order chi connectivity index (χ1) is 7.16. The molecule has 1 heterocycles. The van der Waals surface area contributed by atoms with Crippen LogP contribution in [0.2, 0.25) is 0 Å². The van der Waals surface area contributed by atoms with Crippen LogP contribution in [0.25, 0.3) is 0 Å². The highest BCUT2D eigenvalue weighted by atomic mass is 16.5. The van der Waals surface area contributed by atoms with Crippen molar-refractivity contribution < 1.29 is 9.15 Å². The minimum atomic E-state index is -0.0935. The van der Waals surface area contributed by atoms with E-state index in [1.54, 1.807) is 0 Å². The van der Waals surface area contributed by atoms with Gasteiger partial charge in [-0.3, -0.25) is 0 Å². The molecule has 1 aliphatic carbocycles. The maximum absolute atomic E-state index is 5.93. The van der Waals surface area contributed by atoms with E-state index in [1.165, 1.54) is 6.42 Å². The average molecular weight is 209 g/mol. The topological polar surface area (TPSA) is 48.4 Å². The van der Waals surface area contributed by atoms with E-state index >= 15 is 0 Å². The van der Waals surface area contributed by atoms with Gasteiger partial charge >= 0.3 is 0 Å². The molecule has 3 nitrogen and oxygen atoms in total. The number of hydrogen-bond acceptors (Lipinski definition) is 3. The number of furan rings is 1. The van der Waals surface area contributed by atoms with Gasteiger partial charge in [0, 0.05) is 6.04 Å². The van der Waals surface area contributed by atoms with E-state index in [-0.39, 0.29) is 12.1 Å². The van der Waals surface area contributed by atoms with Gasteiger partial charge in [0.2, 0.25) is 0 Å². The van der Waals surface area contributed by atoms with Gasteiger partial charge in [-0.15, -0.1) is 0 Å². The standard InChI is InChI=1S/C12H19NO2/c1-8-6-7-11(14-8)12(9(2)13)15-10-4-3-5-10/h6-7,9-10,12H,3-5,13H2,1-2H3. The van der Waals surface area contributed by atoms with Gasteiger partial charge in [-0.1, -0.05) is 0 Å². The zero-order chi connectivity index (χ0) is 10.8. The van der Waals surface area contributed by atoms with Crippen molar-refractivity contribution in [1.29, 1.82) is 0 Å². The van der Waals surface area contributed by atoms with E-state index in [0.717, 1.165) is 24.4 Å². The zero-order valence-electron chi connectivity index (χ0n) is 9.40. The quantitative estimate of drug-likeness (QED) is 0.829. The highest BCUT2D eigenvalue weighted by molar-refractivity contribution is 5.10. The molecule has 0 spiro atoms. The third-order valence-electron chi connectivity index (χ3n) is 2.91. The monoisotopic (exact) mass is 209 g/mol. The molecule has 84 valence electrons. The summed E-state index contributed by atoms with van der Waals surface area (Å²) < 4.78 is 11.5. The highest BCUT2D eigenvalue weighted by Gasteiger charge is 2.27. The summed E-state index contributed by atoms with van der Waals surface area (Å²) >= 11 is 0. The van der Waals surface area contributed by atoms with Gasteiger partial charge < -0.3 is 14.9 Å². The second-order valence-electron chi connectivity index (χ2n) is 4.42. The fourth-order valence-corrected chi connectivity index (χ4v) is 1.77. The summed E-state index contributed by atoms with van der Waals surface area (Å²) in [7, 11) is 0. The van der Waals surface area contributed by atoms with E-state index < -0.39 is 0 Å². The summed E-state index contributed by atoms with van der Waals surface area (Å²) in [5.74, 6) is 1.77. The van der Waals surface area contributed by atoms with Crippen LogP contribution in [0.5, 0.6) is 0 Å². The van der Waals surface area contributed by atoms with Crippen molar-refractivity contribution in [2.24, 2.45) is 5.73 Å². The molecule has 1 aliphatic rings. The number of hydrogen-bond donors (Lipinski definition) is 1. The van der Waals surface area contributed by atoms with Gasteiger partial charge in [-0.05, 0) is 45.2 Å². The fraction of sp³-hybridized carbons (Fsp3) is 0.667. The largest absolute Gasteiger partial charge is 0.464 e. The minimum Gasteiger partial charge on any atom is -0.464 e. The first-order valence-corrected chi connectivity index (χ1v) is 5.64. The van der Waals surface area contributed by atoms with Crippen LogP contribution in [-0.2, 0) is 4.74 Å². The third kappa shape index (κ3) is 2.41. The normalized spacial score (nSPS) is 21.0. The third-order valence-corrected chi connectivity index (χ3v) is 2.91. The molecule has 2 atom stereocenters. The number of ether oxygens (including phenoxy) is 1. The van der Waals surface area contributed by atoms with Crippen molar-refractivity contribution in [3.63, 3.8) is 0 Å². The summed E-state index contributed by atoms with van der Waals surface area (Å²) in [4.78, 5) is 0. The molecule has 1 saturated carbocycles.